The quantitative estimate of drug-likeness (QED) is 0.680. The number of rotatable bonds is 0. The van der Waals surface area contributed by atoms with Crippen molar-refractivity contribution in [3.63, 3.8) is 0 Å². The van der Waals surface area contributed by atoms with Crippen molar-refractivity contribution in [3.8, 4) is 5.75 Å². The molecule has 2 saturated heterocycles. The van der Waals surface area contributed by atoms with Crippen LogP contribution in [0.4, 0.5) is 4.39 Å². The highest BCUT2D eigenvalue weighted by molar-refractivity contribution is 5.81. The second-order valence-electron chi connectivity index (χ2n) is 9.15. The van der Waals surface area contributed by atoms with Gasteiger partial charge in [-0.25, -0.2) is 4.39 Å². The summed E-state index contributed by atoms with van der Waals surface area (Å²) in [6, 6.07) is 4.50. The fraction of sp³-hybridized carbons (Fsp3) is 0.652. The predicted octanol–water partition coefficient (Wildman–Crippen LogP) is 2.14. The summed E-state index contributed by atoms with van der Waals surface area (Å²) in [5.41, 5.74) is -0.0717. The number of nitrogens with one attached hydrogen (secondary N) is 1. The Balaban J connectivity index is 1.47. The summed E-state index contributed by atoms with van der Waals surface area (Å²) in [5.74, 6) is -0.110. The molecule has 1 aromatic rings. The van der Waals surface area contributed by atoms with Gasteiger partial charge in [-0.2, -0.15) is 0 Å². The first kappa shape index (κ1) is 20.7. The Labute approximate surface area is 181 Å². The summed E-state index contributed by atoms with van der Waals surface area (Å²) >= 11 is 0. The SMILES string of the molecule is O=C1COC[C@]2(CCCN3C(=O)COc4cccc(F)c4C4CCC(CC4)OC[C@@H]32)N1. The summed E-state index contributed by atoms with van der Waals surface area (Å²) in [6.45, 7) is 1.13. The van der Waals surface area contributed by atoms with E-state index in [1.807, 2.05) is 0 Å². The third kappa shape index (κ3) is 3.91. The van der Waals surface area contributed by atoms with Gasteiger partial charge < -0.3 is 24.4 Å². The molecule has 168 valence electrons. The van der Waals surface area contributed by atoms with Crippen molar-refractivity contribution in [2.24, 2.45) is 0 Å². The van der Waals surface area contributed by atoms with Crippen molar-refractivity contribution in [1.29, 1.82) is 0 Å². The summed E-state index contributed by atoms with van der Waals surface area (Å²) in [5, 5.41) is 3.11. The van der Waals surface area contributed by atoms with Crippen LogP contribution in [0.5, 0.6) is 5.75 Å². The van der Waals surface area contributed by atoms with Gasteiger partial charge in [0, 0.05) is 12.1 Å². The van der Waals surface area contributed by atoms with Gasteiger partial charge in [-0.3, -0.25) is 9.59 Å². The molecule has 1 aliphatic carbocycles. The Morgan fingerprint density at radius 2 is 1.97 bits per heavy atom. The molecule has 1 N–H and O–H groups in total. The van der Waals surface area contributed by atoms with Gasteiger partial charge in [0.25, 0.3) is 5.91 Å². The van der Waals surface area contributed by atoms with E-state index >= 15 is 0 Å². The number of halogens is 1. The average Bonchev–Trinajstić information content (AvgIpc) is 2.78. The lowest BCUT2D eigenvalue weighted by atomic mass is 9.80. The van der Waals surface area contributed by atoms with Crippen LogP contribution in [0.1, 0.15) is 50.0 Å². The molecule has 31 heavy (non-hydrogen) atoms. The molecule has 1 aromatic carbocycles. The van der Waals surface area contributed by atoms with Crippen molar-refractivity contribution in [2.75, 3.05) is 33.0 Å². The molecule has 7 nitrogen and oxygen atoms in total. The van der Waals surface area contributed by atoms with Gasteiger partial charge in [0.15, 0.2) is 6.61 Å². The molecular weight excluding hydrogens is 403 g/mol. The molecule has 5 aliphatic rings. The van der Waals surface area contributed by atoms with E-state index < -0.39 is 5.54 Å². The van der Waals surface area contributed by atoms with Crippen molar-refractivity contribution in [2.45, 2.75) is 62.1 Å². The van der Waals surface area contributed by atoms with E-state index in [-0.39, 0.29) is 48.9 Å². The zero-order chi connectivity index (χ0) is 21.4. The zero-order valence-corrected chi connectivity index (χ0v) is 17.6. The van der Waals surface area contributed by atoms with Crippen LogP contribution in [0.25, 0.3) is 0 Å². The minimum atomic E-state index is -0.648. The average molecular weight is 432 g/mol. The van der Waals surface area contributed by atoms with Gasteiger partial charge in [0.1, 0.15) is 18.2 Å². The van der Waals surface area contributed by atoms with Crippen LogP contribution in [-0.4, -0.2) is 67.4 Å². The van der Waals surface area contributed by atoms with Gasteiger partial charge in [-0.1, -0.05) is 6.07 Å². The fourth-order valence-corrected chi connectivity index (χ4v) is 5.73. The molecule has 2 atom stereocenters. The van der Waals surface area contributed by atoms with E-state index in [2.05, 4.69) is 5.32 Å². The summed E-state index contributed by atoms with van der Waals surface area (Å²) in [6.07, 6.45) is 4.83. The fourth-order valence-electron chi connectivity index (χ4n) is 5.73. The van der Waals surface area contributed by atoms with Crippen molar-refractivity contribution in [3.05, 3.63) is 29.6 Å². The molecule has 2 bridgehead atoms. The van der Waals surface area contributed by atoms with Crippen LogP contribution >= 0.6 is 0 Å². The maximum Gasteiger partial charge on any atom is 0.260 e. The standard InChI is InChI=1S/C23H29FN2O5/c24-17-3-1-4-18-22(17)15-5-7-16(8-6-15)30-11-19-23(14-29-12-20(27)25-23)9-2-10-26(19)21(28)13-31-18/h1,3-4,15-16,19H,2,5-14H2,(H,25,27)/t15?,16?,19-,23+/m1/s1. The monoisotopic (exact) mass is 432 g/mol. The van der Waals surface area contributed by atoms with Gasteiger partial charge in [0.05, 0.1) is 30.9 Å². The molecule has 0 aromatic heterocycles. The maximum atomic E-state index is 14.7. The number of carbonyl (C=O) groups is 2. The van der Waals surface area contributed by atoms with E-state index in [0.717, 1.165) is 38.5 Å². The predicted molar refractivity (Wildman–Crippen MR) is 109 cm³/mol. The summed E-state index contributed by atoms with van der Waals surface area (Å²) in [7, 11) is 0. The van der Waals surface area contributed by atoms with E-state index in [1.54, 1.807) is 17.0 Å². The summed E-state index contributed by atoms with van der Waals surface area (Å²) in [4.78, 5) is 27.2. The highest BCUT2D eigenvalue weighted by atomic mass is 19.1. The Hall–Kier alpha value is -2.19. The molecule has 4 heterocycles. The normalized spacial score (nSPS) is 34.0. The first-order valence-electron chi connectivity index (χ1n) is 11.3. The number of ether oxygens (including phenoxy) is 3. The number of fused-ring (bicyclic) bond motifs is 5. The first-order chi connectivity index (χ1) is 15.1. The van der Waals surface area contributed by atoms with Gasteiger partial charge >= 0.3 is 0 Å². The smallest absolute Gasteiger partial charge is 0.260 e. The van der Waals surface area contributed by atoms with E-state index in [4.69, 9.17) is 14.2 Å². The molecule has 2 amide bonds. The molecule has 1 saturated carbocycles. The van der Waals surface area contributed by atoms with Crippen molar-refractivity contribution in [1.82, 2.24) is 10.2 Å². The Kier molecular flexibility index (Phi) is 5.60. The van der Waals surface area contributed by atoms with E-state index in [9.17, 15) is 14.0 Å². The Morgan fingerprint density at radius 3 is 2.77 bits per heavy atom. The van der Waals surface area contributed by atoms with E-state index in [1.165, 1.54) is 6.07 Å². The zero-order valence-electron chi connectivity index (χ0n) is 17.6. The van der Waals surface area contributed by atoms with Crippen LogP contribution in [0, 0.1) is 5.82 Å². The highest BCUT2D eigenvalue weighted by Gasteiger charge is 2.49. The first-order valence-corrected chi connectivity index (χ1v) is 11.3. The Bertz CT molecular complexity index is 852. The van der Waals surface area contributed by atoms with Gasteiger partial charge in [-0.15, -0.1) is 0 Å². The number of amides is 2. The van der Waals surface area contributed by atoms with Crippen LogP contribution < -0.4 is 10.1 Å². The highest BCUT2D eigenvalue weighted by Crippen LogP contribution is 2.41. The molecule has 8 heteroatoms. The topological polar surface area (TPSA) is 77.1 Å². The van der Waals surface area contributed by atoms with Gasteiger partial charge in [-0.05, 0) is 56.6 Å². The van der Waals surface area contributed by atoms with Gasteiger partial charge in [0.2, 0.25) is 5.91 Å². The van der Waals surface area contributed by atoms with Crippen LogP contribution in [0.15, 0.2) is 18.2 Å². The minimum Gasteiger partial charge on any atom is -0.483 e. The lowest BCUT2D eigenvalue weighted by Crippen LogP contribution is -2.72. The third-order valence-corrected chi connectivity index (χ3v) is 7.27. The van der Waals surface area contributed by atoms with Crippen molar-refractivity contribution >= 4 is 11.8 Å². The number of nitrogens with zero attached hydrogens (tertiary/aromatic N) is 1. The largest absolute Gasteiger partial charge is 0.483 e. The number of benzene rings is 1. The second-order valence-corrected chi connectivity index (χ2v) is 9.15. The maximum absolute atomic E-state index is 14.7. The number of hydrogen-bond acceptors (Lipinski definition) is 5. The van der Waals surface area contributed by atoms with Crippen LogP contribution in [0.2, 0.25) is 0 Å². The van der Waals surface area contributed by atoms with E-state index in [0.29, 0.717) is 31.1 Å². The summed E-state index contributed by atoms with van der Waals surface area (Å²) < 4.78 is 32.5. The third-order valence-electron chi connectivity index (χ3n) is 7.27. The molecule has 4 aliphatic heterocycles. The molecule has 3 fully saturated rings. The number of piperidine rings is 1. The van der Waals surface area contributed by atoms with Crippen LogP contribution in [-0.2, 0) is 19.1 Å². The molecule has 1 spiro atoms. The molecular formula is C23H29FN2O5. The molecule has 6 rings (SSSR count). The minimum absolute atomic E-state index is 0.0404. The lowest BCUT2D eigenvalue weighted by Gasteiger charge is -2.51. The second kappa shape index (κ2) is 8.39. The van der Waals surface area contributed by atoms with Crippen molar-refractivity contribution < 1.29 is 28.2 Å². The van der Waals surface area contributed by atoms with Crippen LogP contribution in [0.3, 0.4) is 0 Å². The molecule has 0 unspecified atom stereocenters. The number of carbonyl (C=O) groups excluding carboxylic acids is 2. The molecule has 0 radical (unpaired) electrons. The number of hydrogen-bond donors (Lipinski definition) is 1. The number of morpholine rings is 1. The lowest BCUT2D eigenvalue weighted by molar-refractivity contribution is -0.156. The Morgan fingerprint density at radius 1 is 1.13 bits per heavy atom.